The van der Waals surface area contributed by atoms with Crippen molar-refractivity contribution in [1.29, 1.82) is 5.26 Å². The minimum atomic E-state index is 0.354. The lowest BCUT2D eigenvalue weighted by atomic mass is 10.2. The molecule has 1 fully saturated rings. The predicted molar refractivity (Wildman–Crippen MR) is 97.5 cm³/mol. The van der Waals surface area contributed by atoms with Gasteiger partial charge in [0.05, 0.1) is 0 Å². The van der Waals surface area contributed by atoms with Crippen LogP contribution in [0, 0.1) is 11.3 Å². The molecule has 25 heavy (non-hydrogen) atoms. The first-order valence-electron chi connectivity index (χ1n) is 8.36. The third kappa shape index (κ3) is 3.07. The second-order valence-electron chi connectivity index (χ2n) is 5.96. The van der Waals surface area contributed by atoms with Gasteiger partial charge in [0.25, 0.3) is 0 Å². The number of anilines is 2. The highest BCUT2D eigenvalue weighted by molar-refractivity contribution is 5.60. The molecule has 0 N–H and O–H groups in total. The third-order valence-corrected chi connectivity index (χ3v) is 4.42. The number of hydrogen-bond donors (Lipinski definition) is 0. The maximum atomic E-state index is 9.43. The molecule has 4 rings (SSSR count). The van der Waals surface area contributed by atoms with Crippen LogP contribution in [0.5, 0.6) is 0 Å². The molecule has 1 aromatic heterocycles. The van der Waals surface area contributed by atoms with Crippen molar-refractivity contribution >= 4 is 11.6 Å². The van der Waals surface area contributed by atoms with Gasteiger partial charge < -0.3 is 14.2 Å². The average Bonchev–Trinajstić information content (AvgIpc) is 3.14. The van der Waals surface area contributed by atoms with Gasteiger partial charge in [-0.1, -0.05) is 36.4 Å². The summed E-state index contributed by atoms with van der Waals surface area (Å²) in [6.07, 6.45) is 0. The van der Waals surface area contributed by atoms with Gasteiger partial charge in [-0.2, -0.15) is 10.2 Å². The largest absolute Gasteiger partial charge is 0.419 e. The molecule has 0 unspecified atom stereocenters. The van der Waals surface area contributed by atoms with Crippen LogP contribution in [0.15, 0.2) is 65.1 Å². The molecule has 0 amide bonds. The fraction of sp³-hybridized carbons (Fsp3) is 0.200. The number of piperazine rings is 1. The van der Waals surface area contributed by atoms with Crippen LogP contribution in [0.4, 0.5) is 11.6 Å². The Labute approximate surface area is 146 Å². The fourth-order valence-electron chi connectivity index (χ4n) is 3.11. The maximum absolute atomic E-state index is 9.43. The number of rotatable bonds is 3. The van der Waals surface area contributed by atoms with Gasteiger partial charge in [-0.3, -0.25) is 0 Å². The van der Waals surface area contributed by atoms with Crippen LogP contribution < -0.4 is 9.80 Å². The Morgan fingerprint density at radius 2 is 1.44 bits per heavy atom. The van der Waals surface area contributed by atoms with Gasteiger partial charge in [-0.25, -0.2) is 0 Å². The summed E-state index contributed by atoms with van der Waals surface area (Å²) in [7, 11) is 0. The van der Waals surface area contributed by atoms with Gasteiger partial charge in [-0.15, -0.1) is 0 Å². The van der Waals surface area contributed by atoms with Gasteiger partial charge in [-0.05, 0) is 24.3 Å². The molecule has 2 aromatic carbocycles. The van der Waals surface area contributed by atoms with Crippen molar-refractivity contribution in [1.82, 2.24) is 4.98 Å². The lowest BCUT2D eigenvalue weighted by Gasteiger charge is -2.35. The molecule has 1 saturated heterocycles. The molecule has 0 spiro atoms. The first kappa shape index (κ1) is 15.3. The summed E-state index contributed by atoms with van der Waals surface area (Å²) in [6, 6.07) is 22.2. The number of para-hydroxylation sites is 1. The molecule has 0 radical (unpaired) electrons. The first-order valence-corrected chi connectivity index (χ1v) is 8.36. The first-order chi connectivity index (χ1) is 12.3. The van der Waals surface area contributed by atoms with Crippen LogP contribution in [0.1, 0.15) is 5.69 Å². The molecule has 3 aromatic rings. The van der Waals surface area contributed by atoms with E-state index < -0.39 is 0 Å². The molecule has 5 heteroatoms. The topological polar surface area (TPSA) is 56.3 Å². The van der Waals surface area contributed by atoms with Gasteiger partial charge in [0.2, 0.25) is 17.5 Å². The summed E-state index contributed by atoms with van der Waals surface area (Å²) in [4.78, 5) is 8.82. The molecule has 1 aliphatic rings. The van der Waals surface area contributed by atoms with E-state index in [4.69, 9.17) is 4.42 Å². The van der Waals surface area contributed by atoms with Gasteiger partial charge in [0.1, 0.15) is 6.07 Å². The van der Waals surface area contributed by atoms with Crippen molar-refractivity contribution in [2.75, 3.05) is 36.0 Å². The van der Waals surface area contributed by atoms with E-state index in [9.17, 15) is 5.26 Å². The minimum Gasteiger partial charge on any atom is -0.419 e. The number of hydrogen-bond acceptors (Lipinski definition) is 5. The van der Waals surface area contributed by atoms with Crippen LogP contribution in [-0.2, 0) is 0 Å². The van der Waals surface area contributed by atoms with Gasteiger partial charge in [0.15, 0.2) is 0 Å². The van der Waals surface area contributed by atoms with Crippen molar-refractivity contribution in [3.05, 3.63) is 66.4 Å². The normalized spacial score (nSPS) is 14.4. The lowest BCUT2D eigenvalue weighted by molar-refractivity contribution is 0.531. The van der Waals surface area contributed by atoms with Crippen molar-refractivity contribution in [3.63, 3.8) is 0 Å². The highest BCUT2D eigenvalue weighted by Crippen LogP contribution is 2.29. The molecule has 124 valence electrons. The molecule has 5 nitrogen and oxygen atoms in total. The van der Waals surface area contributed by atoms with Crippen molar-refractivity contribution in [2.24, 2.45) is 0 Å². The van der Waals surface area contributed by atoms with E-state index in [1.165, 1.54) is 5.69 Å². The predicted octanol–water partition coefficient (Wildman–Crippen LogP) is 3.54. The number of nitrogens with zero attached hydrogens (tertiary/aromatic N) is 4. The summed E-state index contributed by atoms with van der Waals surface area (Å²) in [5, 5.41) is 9.43. The Bertz CT molecular complexity index is 875. The summed E-state index contributed by atoms with van der Waals surface area (Å²) in [5.41, 5.74) is 2.46. The maximum Gasteiger partial charge on any atom is 0.235 e. The summed E-state index contributed by atoms with van der Waals surface area (Å²) in [6.45, 7) is 3.37. The Morgan fingerprint density at radius 1 is 0.840 bits per heavy atom. The van der Waals surface area contributed by atoms with Gasteiger partial charge >= 0.3 is 0 Å². The minimum absolute atomic E-state index is 0.354. The zero-order valence-electron chi connectivity index (χ0n) is 13.8. The van der Waals surface area contributed by atoms with Crippen molar-refractivity contribution in [2.45, 2.75) is 0 Å². The highest BCUT2D eigenvalue weighted by Gasteiger charge is 2.24. The number of oxazole rings is 1. The average molecular weight is 330 g/mol. The Morgan fingerprint density at radius 3 is 2.08 bits per heavy atom. The lowest BCUT2D eigenvalue weighted by Crippen LogP contribution is -2.46. The van der Waals surface area contributed by atoms with E-state index in [2.05, 4.69) is 45.1 Å². The zero-order valence-corrected chi connectivity index (χ0v) is 13.8. The van der Waals surface area contributed by atoms with Crippen LogP contribution >= 0.6 is 0 Å². The molecular weight excluding hydrogens is 312 g/mol. The standard InChI is InChI=1S/C20H18N4O/c21-15-18-20(25-19(22-18)16-7-3-1-4-8-16)24-13-11-23(12-14-24)17-9-5-2-6-10-17/h1-10H,11-14H2. The molecule has 0 bridgehead atoms. The fourth-order valence-corrected chi connectivity index (χ4v) is 3.11. The van der Waals surface area contributed by atoms with E-state index in [0.29, 0.717) is 17.5 Å². The second-order valence-corrected chi connectivity index (χ2v) is 5.96. The Hall–Kier alpha value is -3.26. The molecule has 0 atom stereocenters. The Balaban J connectivity index is 1.53. The smallest absolute Gasteiger partial charge is 0.235 e. The molecule has 2 heterocycles. The van der Waals surface area contributed by atoms with E-state index in [0.717, 1.165) is 31.7 Å². The van der Waals surface area contributed by atoms with Crippen LogP contribution in [-0.4, -0.2) is 31.2 Å². The third-order valence-electron chi connectivity index (χ3n) is 4.42. The van der Waals surface area contributed by atoms with Gasteiger partial charge in [0, 0.05) is 37.4 Å². The monoisotopic (exact) mass is 330 g/mol. The quantitative estimate of drug-likeness (QED) is 0.735. The number of aromatic nitrogens is 1. The van der Waals surface area contributed by atoms with Crippen molar-refractivity contribution in [3.8, 4) is 17.5 Å². The van der Waals surface area contributed by atoms with Crippen LogP contribution in [0.3, 0.4) is 0 Å². The number of nitriles is 1. The van der Waals surface area contributed by atoms with E-state index in [1.807, 2.05) is 36.4 Å². The second kappa shape index (κ2) is 6.70. The molecular formula is C20H18N4O. The molecule has 1 aliphatic heterocycles. The summed E-state index contributed by atoms with van der Waals surface area (Å²) >= 11 is 0. The highest BCUT2D eigenvalue weighted by atomic mass is 16.4. The van der Waals surface area contributed by atoms with Crippen LogP contribution in [0.25, 0.3) is 11.5 Å². The van der Waals surface area contributed by atoms with E-state index in [-0.39, 0.29) is 0 Å². The number of benzene rings is 2. The molecule has 0 aliphatic carbocycles. The van der Waals surface area contributed by atoms with Crippen molar-refractivity contribution < 1.29 is 4.42 Å². The van der Waals surface area contributed by atoms with Crippen LogP contribution in [0.2, 0.25) is 0 Å². The SMILES string of the molecule is N#Cc1nc(-c2ccccc2)oc1N1CCN(c2ccccc2)CC1. The summed E-state index contributed by atoms with van der Waals surface area (Å²) in [5.74, 6) is 1.08. The van der Waals surface area contributed by atoms with E-state index >= 15 is 0 Å². The Kier molecular flexibility index (Phi) is 4.09. The van der Waals surface area contributed by atoms with E-state index in [1.54, 1.807) is 0 Å². The summed E-state index contributed by atoms with van der Waals surface area (Å²) < 4.78 is 5.95. The molecule has 0 saturated carbocycles. The zero-order chi connectivity index (χ0) is 17.1.